The first-order chi connectivity index (χ1) is 7.91. The molecule has 0 spiro atoms. The zero-order valence-electron chi connectivity index (χ0n) is 11.0. The van der Waals surface area contributed by atoms with Gasteiger partial charge in [-0.2, -0.15) is 0 Å². The van der Waals surface area contributed by atoms with Crippen LogP contribution in [0.15, 0.2) is 24.3 Å². The van der Waals surface area contributed by atoms with Crippen LogP contribution in [0.5, 0.6) is 0 Å². The van der Waals surface area contributed by atoms with Gasteiger partial charge in [0.2, 0.25) is 5.91 Å². The van der Waals surface area contributed by atoms with Gasteiger partial charge in [-0.25, -0.2) is 0 Å². The molecule has 1 aromatic carbocycles. The third-order valence-corrected chi connectivity index (χ3v) is 2.92. The highest BCUT2D eigenvalue weighted by Gasteiger charge is 2.17. The van der Waals surface area contributed by atoms with Gasteiger partial charge in [0, 0.05) is 17.3 Å². The number of rotatable bonds is 5. The first-order valence-electron chi connectivity index (χ1n) is 6.08. The van der Waals surface area contributed by atoms with Crippen LogP contribution in [0.3, 0.4) is 0 Å². The van der Waals surface area contributed by atoms with Gasteiger partial charge in [0.05, 0.1) is 0 Å². The Balaban J connectivity index is 2.86. The molecule has 0 unspecified atom stereocenters. The second-order valence-corrected chi connectivity index (χ2v) is 5.10. The molecular formula is C14H22N2O. The van der Waals surface area contributed by atoms with Gasteiger partial charge in [-0.05, 0) is 30.0 Å². The van der Waals surface area contributed by atoms with E-state index in [9.17, 15) is 4.79 Å². The highest BCUT2D eigenvalue weighted by Crippen LogP contribution is 2.19. The molecule has 1 amide bonds. The van der Waals surface area contributed by atoms with E-state index in [1.807, 2.05) is 12.1 Å². The number of carbonyl (C=O) groups is 1. The van der Waals surface area contributed by atoms with Gasteiger partial charge in [0.1, 0.15) is 0 Å². The zero-order valence-corrected chi connectivity index (χ0v) is 11.0. The fourth-order valence-corrected chi connectivity index (χ4v) is 2.06. The second-order valence-electron chi connectivity index (χ2n) is 5.10. The lowest BCUT2D eigenvalue weighted by Crippen LogP contribution is -2.31. The van der Waals surface area contributed by atoms with Crippen molar-refractivity contribution in [3.8, 4) is 0 Å². The largest absolute Gasteiger partial charge is 0.382 e. The number of amides is 1. The third-order valence-electron chi connectivity index (χ3n) is 2.92. The van der Waals surface area contributed by atoms with Crippen LogP contribution in [0.4, 0.5) is 5.69 Å². The highest BCUT2D eigenvalue weighted by atomic mass is 16.1. The third kappa shape index (κ3) is 3.77. The van der Waals surface area contributed by atoms with Crippen LogP contribution in [-0.4, -0.2) is 11.9 Å². The minimum absolute atomic E-state index is 0.387. The average molecular weight is 234 g/mol. The van der Waals surface area contributed by atoms with E-state index in [-0.39, 0.29) is 5.91 Å². The van der Waals surface area contributed by atoms with Gasteiger partial charge in [-0.3, -0.25) is 4.79 Å². The van der Waals surface area contributed by atoms with Crippen LogP contribution >= 0.6 is 0 Å². The summed E-state index contributed by atoms with van der Waals surface area (Å²) >= 11 is 0. The summed E-state index contributed by atoms with van der Waals surface area (Å²) in [5, 5.41) is 3.47. The minimum Gasteiger partial charge on any atom is -0.382 e. The minimum atomic E-state index is -0.390. The van der Waals surface area contributed by atoms with Crippen molar-refractivity contribution in [1.29, 1.82) is 0 Å². The molecule has 1 rings (SSSR count). The highest BCUT2D eigenvalue weighted by molar-refractivity contribution is 5.93. The number of primary amides is 1. The number of nitrogens with one attached hydrogen (secondary N) is 1. The van der Waals surface area contributed by atoms with Crippen molar-refractivity contribution in [2.24, 2.45) is 17.6 Å². The Hall–Kier alpha value is -1.51. The molecule has 0 bridgehead atoms. The van der Waals surface area contributed by atoms with Crippen molar-refractivity contribution < 1.29 is 4.79 Å². The Morgan fingerprint density at radius 1 is 1.18 bits per heavy atom. The van der Waals surface area contributed by atoms with Crippen LogP contribution < -0.4 is 11.1 Å². The van der Waals surface area contributed by atoms with E-state index < -0.39 is 0 Å². The van der Waals surface area contributed by atoms with Gasteiger partial charge >= 0.3 is 0 Å². The Kier molecular flexibility index (Phi) is 4.55. The molecule has 0 heterocycles. The van der Waals surface area contributed by atoms with E-state index in [0.29, 0.717) is 23.4 Å². The Morgan fingerprint density at radius 3 is 2.24 bits per heavy atom. The number of benzene rings is 1. The number of carbonyl (C=O) groups excluding carboxylic acids is 1. The number of hydrogen-bond acceptors (Lipinski definition) is 2. The Bertz CT molecular complexity index is 378. The molecule has 1 aromatic rings. The van der Waals surface area contributed by atoms with Crippen molar-refractivity contribution in [2.45, 2.75) is 33.7 Å². The standard InChI is InChI=1S/C14H22N2O/c1-9(2)13(10(3)4)16-12-7-5-6-11(8-12)14(15)17/h5-10,13,16H,1-4H3,(H2,15,17). The fourth-order valence-electron chi connectivity index (χ4n) is 2.06. The first-order valence-corrected chi connectivity index (χ1v) is 6.08. The van der Waals surface area contributed by atoms with E-state index in [1.54, 1.807) is 12.1 Å². The van der Waals surface area contributed by atoms with Gasteiger partial charge in [-0.15, -0.1) is 0 Å². The lowest BCUT2D eigenvalue weighted by atomic mass is 9.93. The predicted molar refractivity (Wildman–Crippen MR) is 72.0 cm³/mol. The molecule has 3 heteroatoms. The maximum Gasteiger partial charge on any atom is 0.248 e. The predicted octanol–water partition coefficient (Wildman–Crippen LogP) is 2.88. The number of nitrogens with two attached hydrogens (primary N) is 1. The maximum absolute atomic E-state index is 11.1. The Labute approximate surface area is 103 Å². The molecule has 0 saturated carbocycles. The smallest absolute Gasteiger partial charge is 0.248 e. The quantitative estimate of drug-likeness (QED) is 0.823. The van der Waals surface area contributed by atoms with Gasteiger partial charge in [0.15, 0.2) is 0 Å². The van der Waals surface area contributed by atoms with Crippen LogP contribution in [0.2, 0.25) is 0 Å². The van der Waals surface area contributed by atoms with Crippen LogP contribution in [-0.2, 0) is 0 Å². The molecule has 0 atom stereocenters. The summed E-state index contributed by atoms with van der Waals surface area (Å²) in [6.45, 7) is 8.76. The van der Waals surface area contributed by atoms with Gasteiger partial charge < -0.3 is 11.1 Å². The van der Waals surface area contributed by atoms with Crippen molar-refractivity contribution in [1.82, 2.24) is 0 Å². The fraction of sp³-hybridized carbons (Fsp3) is 0.500. The summed E-state index contributed by atoms with van der Waals surface area (Å²) in [7, 11) is 0. The molecule has 0 aliphatic rings. The van der Waals surface area contributed by atoms with Crippen molar-refractivity contribution in [3.63, 3.8) is 0 Å². The molecule has 94 valence electrons. The van der Waals surface area contributed by atoms with E-state index in [0.717, 1.165) is 5.69 Å². The monoisotopic (exact) mass is 234 g/mol. The summed E-state index contributed by atoms with van der Waals surface area (Å²) < 4.78 is 0. The second kappa shape index (κ2) is 5.71. The lowest BCUT2D eigenvalue weighted by molar-refractivity contribution is 0.100. The zero-order chi connectivity index (χ0) is 13.0. The Morgan fingerprint density at radius 2 is 1.76 bits per heavy atom. The van der Waals surface area contributed by atoms with Crippen LogP contribution in [0.1, 0.15) is 38.1 Å². The molecule has 0 aliphatic carbocycles. The molecule has 3 N–H and O–H groups in total. The van der Waals surface area contributed by atoms with E-state index >= 15 is 0 Å². The summed E-state index contributed by atoms with van der Waals surface area (Å²) in [5.41, 5.74) is 6.76. The normalized spacial score (nSPS) is 11.2. The molecule has 0 aromatic heterocycles. The molecule has 0 aliphatic heterocycles. The van der Waals surface area contributed by atoms with Crippen molar-refractivity contribution >= 4 is 11.6 Å². The SMILES string of the molecule is CC(C)C(Nc1cccc(C(N)=O)c1)C(C)C. The molecule has 17 heavy (non-hydrogen) atoms. The van der Waals surface area contributed by atoms with E-state index in [1.165, 1.54) is 0 Å². The van der Waals surface area contributed by atoms with Gasteiger partial charge in [0.25, 0.3) is 0 Å². The molecule has 0 saturated heterocycles. The summed E-state index contributed by atoms with van der Waals surface area (Å²) in [4.78, 5) is 11.1. The van der Waals surface area contributed by atoms with Crippen molar-refractivity contribution in [2.75, 3.05) is 5.32 Å². The molecular weight excluding hydrogens is 212 g/mol. The van der Waals surface area contributed by atoms with E-state index in [2.05, 4.69) is 33.0 Å². The average Bonchev–Trinajstić information content (AvgIpc) is 2.25. The summed E-state index contributed by atoms with van der Waals surface area (Å²) in [6, 6.07) is 7.73. The van der Waals surface area contributed by atoms with Crippen molar-refractivity contribution in [3.05, 3.63) is 29.8 Å². The summed E-state index contributed by atoms with van der Waals surface area (Å²) in [6.07, 6.45) is 0. The molecule has 0 radical (unpaired) electrons. The molecule has 0 fully saturated rings. The maximum atomic E-state index is 11.1. The number of hydrogen-bond donors (Lipinski definition) is 2. The summed E-state index contributed by atoms with van der Waals surface area (Å²) in [5.74, 6) is 0.679. The first kappa shape index (κ1) is 13.6. The lowest BCUT2D eigenvalue weighted by Gasteiger charge is -2.27. The van der Waals surface area contributed by atoms with Crippen LogP contribution in [0, 0.1) is 11.8 Å². The van der Waals surface area contributed by atoms with Gasteiger partial charge in [-0.1, -0.05) is 33.8 Å². The number of anilines is 1. The topological polar surface area (TPSA) is 55.1 Å². The molecule has 3 nitrogen and oxygen atoms in total. The van der Waals surface area contributed by atoms with E-state index in [4.69, 9.17) is 5.73 Å². The van der Waals surface area contributed by atoms with Crippen LogP contribution in [0.25, 0.3) is 0 Å².